The quantitative estimate of drug-likeness (QED) is 0.542. The lowest BCUT2D eigenvalue weighted by Crippen LogP contribution is -2.26. The maximum Gasteiger partial charge on any atom is 0.233 e. The van der Waals surface area contributed by atoms with Crippen molar-refractivity contribution in [2.45, 2.75) is 19.2 Å². The number of hydrogen-bond donors (Lipinski definition) is 1. The van der Waals surface area contributed by atoms with Crippen molar-refractivity contribution in [1.82, 2.24) is 24.4 Å². The predicted octanol–water partition coefficient (Wildman–Crippen LogP) is 3.14. The smallest absolute Gasteiger partial charge is 0.233 e. The number of aliphatic hydroxyl groups is 1. The van der Waals surface area contributed by atoms with Gasteiger partial charge < -0.3 is 9.84 Å². The third kappa shape index (κ3) is 4.19. The molecule has 0 radical (unpaired) electrons. The minimum atomic E-state index is -0.719. The summed E-state index contributed by atoms with van der Waals surface area (Å²) in [6.07, 6.45) is 8.15. The van der Waals surface area contributed by atoms with Gasteiger partial charge in [0.2, 0.25) is 5.95 Å². The van der Waals surface area contributed by atoms with E-state index < -0.39 is 6.10 Å². The van der Waals surface area contributed by atoms with E-state index in [1.54, 1.807) is 24.8 Å². The molecule has 1 aliphatic rings. The first kappa shape index (κ1) is 19.4. The van der Waals surface area contributed by atoms with Gasteiger partial charge in [-0.15, -0.1) is 0 Å². The van der Waals surface area contributed by atoms with Crippen LogP contribution in [0, 0.1) is 0 Å². The molecule has 0 saturated carbocycles. The van der Waals surface area contributed by atoms with Crippen LogP contribution in [-0.4, -0.2) is 42.7 Å². The van der Waals surface area contributed by atoms with Crippen molar-refractivity contribution in [3.05, 3.63) is 102 Å². The largest absolute Gasteiger partial charge is 0.492 e. The first-order chi connectivity index (χ1) is 15.3. The third-order valence-electron chi connectivity index (χ3n) is 5.45. The van der Waals surface area contributed by atoms with E-state index in [-0.39, 0.29) is 0 Å². The van der Waals surface area contributed by atoms with Crippen molar-refractivity contribution in [2.75, 3.05) is 13.2 Å². The Labute approximate surface area is 180 Å². The molecule has 1 atom stereocenters. The van der Waals surface area contributed by atoms with E-state index in [9.17, 15) is 5.11 Å². The van der Waals surface area contributed by atoms with Gasteiger partial charge >= 0.3 is 0 Å². The number of ether oxygens (including phenoxy) is 1. The Morgan fingerprint density at radius 2 is 1.90 bits per heavy atom. The Morgan fingerprint density at radius 3 is 2.74 bits per heavy atom. The minimum Gasteiger partial charge on any atom is -0.492 e. The van der Waals surface area contributed by atoms with Gasteiger partial charge in [-0.1, -0.05) is 12.1 Å². The van der Waals surface area contributed by atoms with Crippen LogP contribution in [0.25, 0.3) is 5.95 Å². The first-order valence-corrected chi connectivity index (χ1v) is 10.3. The van der Waals surface area contributed by atoms with Crippen LogP contribution in [0.3, 0.4) is 0 Å². The normalized spacial score (nSPS) is 15.0. The highest BCUT2D eigenvalue weighted by atomic mass is 16.5. The maximum absolute atomic E-state index is 10.8. The summed E-state index contributed by atoms with van der Waals surface area (Å²) in [5.74, 6) is 1.53. The zero-order chi connectivity index (χ0) is 21.0. The first-order valence-electron chi connectivity index (χ1n) is 10.3. The molecule has 1 N–H and O–H groups in total. The molecule has 3 aromatic heterocycles. The molecule has 7 nitrogen and oxygen atoms in total. The van der Waals surface area contributed by atoms with Crippen molar-refractivity contribution >= 4 is 0 Å². The predicted molar refractivity (Wildman–Crippen MR) is 116 cm³/mol. The number of hydrogen-bond acceptors (Lipinski definition) is 6. The summed E-state index contributed by atoms with van der Waals surface area (Å²) in [5, 5.41) is 10.8. The molecule has 4 heterocycles. The van der Waals surface area contributed by atoms with Crippen LogP contribution in [0.2, 0.25) is 0 Å². The van der Waals surface area contributed by atoms with E-state index in [1.807, 2.05) is 53.2 Å². The van der Waals surface area contributed by atoms with Crippen molar-refractivity contribution in [2.24, 2.45) is 0 Å². The van der Waals surface area contributed by atoms with Gasteiger partial charge in [0.05, 0.1) is 0 Å². The minimum absolute atomic E-state index is 0.611. The van der Waals surface area contributed by atoms with E-state index in [0.29, 0.717) is 12.6 Å². The molecule has 4 aromatic rings. The fourth-order valence-corrected chi connectivity index (χ4v) is 3.89. The monoisotopic (exact) mass is 413 g/mol. The van der Waals surface area contributed by atoms with Gasteiger partial charge in [0.25, 0.3) is 0 Å². The standard InChI is InChI=1S/C24H23N5O2/c30-23(19-4-1-8-25-15-19)18-6-7-22-20(14-18)16-28(12-13-31-22)17-21-5-2-11-29(21)24-26-9-3-10-27-24/h1-11,14-15,23,30H,12-13,16-17H2. The second kappa shape index (κ2) is 8.67. The van der Waals surface area contributed by atoms with Crippen LogP contribution in [-0.2, 0) is 13.1 Å². The Kier molecular flexibility index (Phi) is 5.43. The van der Waals surface area contributed by atoms with Crippen LogP contribution in [0.5, 0.6) is 5.75 Å². The van der Waals surface area contributed by atoms with E-state index in [2.05, 4.69) is 25.9 Å². The molecule has 1 aliphatic heterocycles. The molecule has 31 heavy (non-hydrogen) atoms. The van der Waals surface area contributed by atoms with Crippen molar-refractivity contribution in [3.63, 3.8) is 0 Å². The second-order valence-corrected chi connectivity index (χ2v) is 7.53. The Morgan fingerprint density at radius 1 is 1.00 bits per heavy atom. The van der Waals surface area contributed by atoms with Gasteiger partial charge in [0.1, 0.15) is 18.5 Å². The molecule has 0 aliphatic carbocycles. The molecule has 7 heteroatoms. The van der Waals surface area contributed by atoms with Gasteiger partial charge in [-0.05, 0) is 42.0 Å². The van der Waals surface area contributed by atoms with Gasteiger partial charge in [0.15, 0.2) is 0 Å². The average Bonchev–Trinajstić information content (AvgIpc) is 3.18. The highest BCUT2D eigenvalue weighted by Crippen LogP contribution is 2.30. The fraction of sp³-hybridized carbons (Fsp3) is 0.208. The number of aliphatic hydroxyl groups excluding tert-OH is 1. The van der Waals surface area contributed by atoms with Crippen molar-refractivity contribution in [3.8, 4) is 11.7 Å². The molecule has 1 aromatic carbocycles. The zero-order valence-corrected chi connectivity index (χ0v) is 17.0. The highest BCUT2D eigenvalue weighted by Gasteiger charge is 2.20. The van der Waals surface area contributed by atoms with Crippen LogP contribution >= 0.6 is 0 Å². The molecule has 5 rings (SSSR count). The van der Waals surface area contributed by atoms with E-state index in [1.165, 1.54) is 0 Å². The number of aromatic nitrogens is 4. The molecule has 0 spiro atoms. The molecule has 0 amide bonds. The lowest BCUT2D eigenvalue weighted by atomic mass is 10.00. The van der Waals surface area contributed by atoms with E-state index in [4.69, 9.17) is 4.74 Å². The van der Waals surface area contributed by atoms with Crippen molar-refractivity contribution in [1.29, 1.82) is 0 Å². The SMILES string of the molecule is OC(c1cccnc1)c1ccc2c(c1)CN(Cc1cccn1-c1ncccn1)CCO2. The van der Waals surface area contributed by atoms with Crippen LogP contribution in [0.4, 0.5) is 0 Å². The molecule has 0 saturated heterocycles. The zero-order valence-electron chi connectivity index (χ0n) is 17.0. The summed E-state index contributed by atoms with van der Waals surface area (Å²) < 4.78 is 8.00. The van der Waals surface area contributed by atoms with Crippen LogP contribution in [0.15, 0.2) is 79.5 Å². The number of benzene rings is 1. The number of fused-ring (bicyclic) bond motifs is 1. The number of pyridine rings is 1. The molecule has 156 valence electrons. The Hall–Kier alpha value is -3.55. The van der Waals surface area contributed by atoms with Crippen molar-refractivity contribution < 1.29 is 9.84 Å². The van der Waals surface area contributed by atoms with Gasteiger partial charge in [-0.3, -0.25) is 14.5 Å². The summed E-state index contributed by atoms with van der Waals surface area (Å²) in [4.78, 5) is 15.2. The van der Waals surface area contributed by atoms with E-state index >= 15 is 0 Å². The topological polar surface area (TPSA) is 76.3 Å². The molecule has 0 fully saturated rings. The van der Waals surface area contributed by atoms with Crippen LogP contribution in [0.1, 0.15) is 28.5 Å². The lowest BCUT2D eigenvalue weighted by molar-refractivity contribution is 0.216. The summed E-state index contributed by atoms with van der Waals surface area (Å²) >= 11 is 0. The van der Waals surface area contributed by atoms with Gasteiger partial charge in [-0.25, -0.2) is 9.97 Å². The second-order valence-electron chi connectivity index (χ2n) is 7.53. The Balaban J connectivity index is 1.38. The number of nitrogens with zero attached hydrogens (tertiary/aromatic N) is 5. The van der Waals surface area contributed by atoms with Crippen LogP contribution < -0.4 is 4.74 Å². The molecule has 0 bridgehead atoms. The molecular formula is C24H23N5O2. The maximum atomic E-state index is 10.8. The van der Waals surface area contributed by atoms with Gasteiger partial charge in [-0.2, -0.15) is 0 Å². The van der Waals surface area contributed by atoms with Gasteiger partial charge in [0, 0.05) is 67.4 Å². The third-order valence-corrected chi connectivity index (χ3v) is 5.45. The van der Waals surface area contributed by atoms with E-state index in [0.717, 1.165) is 47.8 Å². The summed E-state index contributed by atoms with van der Waals surface area (Å²) in [6.45, 7) is 2.88. The fourth-order valence-electron chi connectivity index (χ4n) is 3.89. The summed E-state index contributed by atoms with van der Waals surface area (Å²) in [5.41, 5.74) is 3.78. The molecule has 1 unspecified atom stereocenters. The highest BCUT2D eigenvalue weighted by molar-refractivity contribution is 5.41. The average molecular weight is 413 g/mol. The summed E-state index contributed by atoms with van der Waals surface area (Å²) in [6, 6.07) is 15.5. The summed E-state index contributed by atoms with van der Waals surface area (Å²) in [7, 11) is 0. The molecular weight excluding hydrogens is 390 g/mol. The Bertz CT molecular complexity index is 1150. The lowest BCUT2D eigenvalue weighted by Gasteiger charge is -2.20. The number of rotatable bonds is 5.